The summed E-state index contributed by atoms with van der Waals surface area (Å²) < 4.78 is 24.7. The SMILES string of the molecule is Cc1ccc(NC(=O)c2ccc(C)c(N(C)S(C)(=O)=O)c2)c(C)c1. The van der Waals surface area contributed by atoms with Crippen LogP contribution in [0.1, 0.15) is 27.0 Å². The van der Waals surface area contributed by atoms with Gasteiger partial charge >= 0.3 is 0 Å². The maximum absolute atomic E-state index is 12.5. The number of sulfonamides is 1. The molecule has 0 unspecified atom stereocenters. The number of rotatable bonds is 4. The highest BCUT2D eigenvalue weighted by Crippen LogP contribution is 2.24. The summed E-state index contributed by atoms with van der Waals surface area (Å²) in [5, 5.41) is 2.87. The van der Waals surface area contributed by atoms with Crippen LogP contribution in [-0.4, -0.2) is 27.6 Å². The lowest BCUT2D eigenvalue weighted by molar-refractivity contribution is 0.102. The van der Waals surface area contributed by atoms with Crippen molar-refractivity contribution < 1.29 is 13.2 Å². The summed E-state index contributed by atoms with van der Waals surface area (Å²) in [6.07, 6.45) is 1.13. The first-order chi connectivity index (χ1) is 11.1. The zero-order chi connectivity index (χ0) is 18.1. The van der Waals surface area contributed by atoms with Crippen molar-refractivity contribution >= 4 is 27.3 Å². The maximum atomic E-state index is 12.5. The third-order valence-electron chi connectivity index (χ3n) is 3.94. The molecule has 0 saturated carbocycles. The molecule has 0 aliphatic rings. The molecule has 0 atom stereocenters. The van der Waals surface area contributed by atoms with E-state index in [0.717, 1.165) is 28.6 Å². The van der Waals surface area contributed by atoms with Gasteiger partial charge in [0, 0.05) is 18.3 Å². The standard InChI is InChI=1S/C18H22N2O3S/c1-12-6-9-16(14(3)10-12)19-18(21)15-8-7-13(2)17(11-15)20(4)24(5,22)23/h6-11H,1-5H3,(H,19,21). The summed E-state index contributed by atoms with van der Waals surface area (Å²) in [5.41, 5.74) is 4.52. The number of hydrogen-bond acceptors (Lipinski definition) is 3. The molecule has 128 valence electrons. The fraction of sp³-hybridized carbons (Fsp3) is 0.278. The molecule has 0 aliphatic carbocycles. The Morgan fingerprint density at radius 2 is 1.67 bits per heavy atom. The Morgan fingerprint density at radius 3 is 2.25 bits per heavy atom. The number of amides is 1. The van der Waals surface area contributed by atoms with Crippen LogP contribution in [0.4, 0.5) is 11.4 Å². The molecule has 0 radical (unpaired) electrons. The Hall–Kier alpha value is -2.34. The van der Waals surface area contributed by atoms with Crippen LogP contribution in [0.2, 0.25) is 0 Å². The van der Waals surface area contributed by atoms with Crippen LogP contribution in [0.15, 0.2) is 36.4 Å². The minimum absolute atomic E-state index is 0.273. The summed E-state index contributed by atoms with van der Waals surface area (Å²) in [6, 6.07) is 10.8. The molecule has 0 aromatic heterocycles. The van der Waals surface area contributed by atoms with Gasteiger partial charge in [-0.15, -0.1) is 0 Å². The van der Waals surface area contributed by atoms with Gasteiger partial charge in [0.05, 0.1) is 11.9 Å². The molecule has 0 spiro atoms. The second-order valence-corrected chi connectivity index (χ2v) is 8.02. The number of nitrogens with zero attached hydrogens (tertiary/aromatic N) is 1. The first kappa shape index (κ1) is 18.0. The van der Waals surface area contributed by atoms with Gasteiger partial charge in [-0.3, -0.25) is 9.10 Å². The van der Waals surface area contributed by atoms with Gasteiger partial charge in [0.1, 0.15) is 0 Å². The van der Waals surface area contributed by atoms with Crippen LogP contribution >= 0.6 is 0 Å². The van der Waals surface area contributed by atoms with Crippen molar-refractivity contribution in [1.82, 2.24) is 0 Å². The monoisotopic (exact) mass is 346 g/mol. The van der Waals surface area contributed by atoms with Gasteiger partial charge in [0.2, 0.25) is 10.0 Å². The molecule has 2 aromatic carbocycles. The minimum atomic E-state index is -3.39. The van der Waals surface area contributed by atoms with Crippen LogP contribution in [0, 0.1) is 20.8 Å². The minimum Gasteiger partial charge on any atom is -0.322 e. The Labute approximate surface area is 143 Å². The van der Waals surface area contributed by atoms with Gasteiger partial charge in [-0.2, -0.15) is 0 Å². The number of benzene rings is 2. The van der Waals surface area contributed by atoms with Crippen molar-refractivity contribution in [2.24, 2.45) is 0 Å². The van der Waals surface area contributed by atoms with E-state index in [9.17, 15) is 13.2 Å². The van der Waals surface area contributed by atoms with Crippen molar-refractivity contribution in [3.05, 3.63) is 58.7 Å². The Balaban J connectivity index is 2.33. The average Bonchev–Trinajstić information content (AvgIpc) is 2.49. The normalized spacial score (nSPS) is 11.2. The van der Waals surface area contributed by atoms with Gasteiger partial charge in [-0.25, -0.2) is 8.42 Å². The number of aryl methyl sites for hydroxylation is 3. The molecule has 0 aliphatic heterocycles. The van der Waals surface area contributed by atoms with Crippen LogP contribution in [0.3, 0.4) is 0 Å². The maximum Gasteiger partial charge on any atom is 0.255 e. The predicted octanol–water partition coefficient (Wildman–Crippen LogP) is 3.26. The molecule has 0 heterocycles. The smallest absolute Gasteiger partial charge is 0.255 e. The molecule has 0 bridgehead atoms. The molecule has 1 amide bonds. The predicted molar refractivity (Wildman–Crippen MR) is 98.3 cm³/mol. The summed E-state index contributed by atoms with van der Waals surface area (Å²) >= 11 is 0. The first-order valence-electron chi connectivity index (χ1n) is 7.53. The fourth-order valence-electron chi connectivity index (χ4n) is 2.42. The van der Waals surface area contributed by atoms with E-state index in [0.29, 0.717) is 11.3 Å². The van der Waals surface area contributed by atoms with E-state index in [1.807, 2.05) is 39.0 Å². The lowest BCUT2D eigenvalue weighted by atomic mass is 10.1. The Kier molecular flexibility index (Phi) is 4.99. The first-order valence-corrected chi connectivity index (χ1v) is 9.37. The molecule has 0 fully saturated rings. The molecular weight excluding hydrogens is 324 g/mol. The zero-order valence-electron chi connectivity index (χ0n) is 14.5. The highest BCUT2D eigenvalue weighted by molar-refractivity contribution is 7.92. The number of anilines is 2. The van der Waals surface area contributed by atoms with Gasteiger partial charge in [-0.05, 0) is 50.1 Å². The lowest BCUT2D eigenvalue weighted by Gasteiger charge is -2.20. The van der Waals surface area contributed by atoms with E-state index in [1.54, 1.807) is 18.2 Å². The van der Waals surface area contributed by atoms with Crippen molar-refractivity contribution in [1.29, 1.82) is 0 Å². The van der Waals surface area contributed by atoms with E-state index in [-0.39, 0.29) is 5.91 Å². The van der Waals surface area contributed by atoms with E-state index in [4.69, 9.17) is 0 Å². The lowest BCUT2D eigenvalue weighted by Crippen LogP contribution is -2.26. The summed E-state index contributed by atoms with van der Waals surface area (Å²) in [4.78, 5) is 12.5. The van der Waals surface area contributed by atoms with Gasteiger partial charge in [0.25, 0.3) is 5.91 Å². The highest BCUT2D eigenvalue weighted by atomic mass is 32.2. The third-order valence-corrected chi connectivity index (χ3v) is 5.13. The number of carbonyl (C=O) groups excluding carboxylic acids is 1. The topological polar surface area (TPSA) is 66.5 Å². The molecule has 2 rings (SSSR count). The molecule has 2 aromatic rings. The van der Waals surface area contributed by atoms with Crippen LogP contribution in [0.25, 0.3) is 0 Å². The van der Waals surface area contributed by atoms with Crippen LogP contribution in [0.5, 0.6) is 0 Å². The van der Waals surface area contributed by atoms with Gasteiger partial charge in [-0.1, -0.05) is 23.8 Å². The molecule has 0 saturated heterocycles. The van der Waals surface area contributed by atoms with E-state index >= 15 is 0 Å². The van der Waals surface area contributed by atoms with E-state index in [1.165, 1.54) is 11.4 Å². The zero-order valence-corrected chi connectivity index (χ0v) is 15.4. The second-order valence-electron chi connectivity index (χ2n) is 6.00. The van der Waals surface area contributed by atoms with Crippen molar-refractivity contribution in [2.45, 2.75) is 20.8 Å². The largest absolute Gasteiger partial charge is 0.322 e. The van der Waals surface area contributed by atoms with Crippen molar-refractivity contribution in [3.8, 4) is 0 Å². The Bertz CT molecular complexity index is 889. The molecular formula is C18H22N2O3S. The molecule has 6 heteroatoms. The van der Waals surface area contributed by atoms with E-state index < -0.39 is 10.0 Å². The van der Waals surface area contributed by atoms with Gasteiger partial charge in [0.15, 0.2) is 0 Å². The van der Waals surface area contributed by atoms with Crippen molar-refractivity contribution in [2.75, 3.05) is 22.9 Å². The molecule has 24 heavy (non-hydrogen) atoms. The number of carbonyl (C=O) groups is 1. The van der Waals surface area contributed by atoms with E-state index in [2.05, 4.69) is 5.32 Å². The van der Waals surface area contributed by atoms with Crippen LogP contribution < -0.4 is 9.62 Å². The Morgan fingerprint density at radius 1 is 1.00 bits per heavy atom. The quantitative estimate of drug-likeness (QED) is 0.924. The van der Waals surface area contributed by atoms with Crippen LogP contribution in [-0.2, 0) is 10.0 Å². The number of hydrogen-bond donors (Lipinski definition) is 1. The summed E-state index contributed by atoms with van der Waals surface area (Å²) in [7, 11) is -1.91. The molecule has 1 N–H and O–H groups in total. The molecule has 5 nitrogen and oxygen atoms in total. The number of nitrogens with one attached hydrogen (secondary N) is 1. The third kappa shape index (κ3) is 3.94. The highest BCUT2D eigenvalue weighted by Gasteiger charge is 2.17. The average molecular weight is 346 g/mol. The van der Waals surface area contributed by atoms with Gasteiger partial charge < -0.3 is 5.32 Å². The second kappa shape index (κ2) is 6.65. The fourth-order valence-corrected chi connectivity index (χ4v) is 2.97. The van der Waals surface area contributed by atoms with Crippen molar-refractivity contribution in [3.63, 3.8) is 0 Å². The summed E-state index contributed by atoms with van der Waals surface area (Å²) in [6.45, 7) is 5.73. The summed E-state index contributed by atoms with van der Waals surface area (Å²) in [5.74, 6) is -0.273.